The smallest absolute Gasteiger partial charge is 0.231 e. The first-order valence-corrected chi connectivity index (χ1v) is 6.05. The van der Waals surface area contributed by atoms with Gasteiger partial charge in [-0.05, 0) is 31.5 Å². The molecule has 1 aliphatic heterocycles. The predicted octanol–water partition coefficient (Wildman–Crippen LogP) is 2.83. The molecule has 0 fully saturated rings. The third kappa shape index (κ3) is 1.90. The van der Waals surface area contributed by atoms with E-state index in [0.717, 1.165) is 10.9 Å². The summed E-state index contributed by atoms with van der Waals surface area (Å²) in [5.74, 6) is 2.10. The molecule has 94 valence electrons. The lowest BCUT2D eigenvalue weighted by Crippen LogP contribution is -2.11. The maximum atomic E-state index is 5.92. The van der Waals surface area contributed by atoms with Gasteiger partial charge in [-0.3, -0.25) is 0 Å². The summed E-state index contributed by atoms with van der Waals surface area (Å²) in [5, 5.41) is 4.33. The van der Waals surface area contributed by atoms with Crippen LogP contribution in [0.25, 0.3) is 10.9 Å². The van der Waals surface area contributed by atoms with E-state index in [9.17, 15) is 0 Å². The van der Waals surface area contributed by atoms with Crippen LogP contribution >= 0.6 is 11.6 Å². The SMILES string of the molecule is CC(C)Nc1nc(Cl)nc2cc3c(cc12)OCO3. The van der Waals surface area contributed by atoms with Crippen LogP contribution in [0, 0.1) is 0 Å². The molecule has 0 saturated heterocycles. The Balaban J connectivity index is 2.22. The standard InChI is InChI=1S/C12H12ClN3O2/c1-6(2)14-11-7-3-9-10(18-5-17-9)4-8(7)15-12(13)16-11/h3-4,6H,5H2,1-2H3,(H,14,15,16). The van der Waals surface area contributed by atoms with E-state index in [1.165, 1.54) is 0 Å². The van der Waals surface area contributed by atoms with Gasteiger partial charge >= 0.3 is 0 Å². The van der Waals surface area contributed by atoms with E-state index in [1.54, 1.807) is 0 Å². The Morgan fingerprint density at radius 2 is 1.94 bits per heavy atom. The molecule has 1 aromatic carbocycles. The molecule has 0 saturated carbocycles. The first-order chi connectivity index (χ1) is 8.63. The van der Waals surface area contributed by atoms with Gasteiger partial charge in [0.2, 0.25) is 12.1 Å². The van der Waals surface area contributed by atoms with E-state index in [2.05, 4.69) is 15.3 Å². The number of hydrogen-bond donors (Lipinski definition) is 1. The highest BCUT2D eigenvalue weighted by molar-refractivity contribution is 6.28. The highest BCUT2D eigenvalue weighted by Gasteiger charge is 2.17. The zero-order chi connectivity index (χ0) is 12.7. The van der Waals surface area contributed by atoms with E-state index in [4.69, 9.17) is 21.1 Å². The van der Waals surface area contributed by atoms with E-state index >= 15 is 0 Å². The average Bonchev–Trinajstić information content (AvgIpc) is 2.72. The van der Waals surface area contributed by atoms with Crippen LogP contribution in [0.1, 0.15) is 13.8 Å². The van der Waals surface area contributed by atoms with Crippen molar-refractivity contribution in [2.75, 3.05) is 12.1 Å². The molecule has 0 unspecified atom stereocenters. The van der Waals surface area contributed by atoms with E-state index < -0.39 is 0 Å². The Labute approximate surface area is 109 Å². The molecule has 0 radical (unpaired) electrons. The summed E-state index contributed by atoms with van der Waals surface area (Å²) in [6.45, 7) is 4.31. The van der Waals surface area contributed by atoms with Crippen LogP contribution < -0.4 is 14.8 Å². The highest BCUT2D eigenvalue weighted by atomic mass is 35.5. The van der Waals surface area contributed by atoms with E-state index in [0.29, 0.717) is 17.3 Å². The van der Waals surface area contributed by atoms with E-state index in [-0.39, 0.29) is 18.1 Å². The Bertz CT molecular complexity index is 616. The molecule has 6 heteroatoms. The van der Waals surface area contributed by atoms with Crippen molar-refractivity contribution in [3.63, 3.8) is 0 Å². The zero-order valence-electron chi connectivity index (χ0n) is 10.0. The van der Waals surface area contributed by atoms with Crippen LogP contribution in [-0.2, 0) is 0 Å². The molecule has 0 spiro atoms. The van der Waals surface area contributed by atoms with Crippen molar-refractivity contribution < 1.29 is 9.47 Å². The summed E-state index contributed by atoms with van der Waals surface area (Å²) in [6.07, 6.45) is 0. The van der Waals surface area contributed by atoms with Gasteiger partial charge in [-0.2, -0.15) is 0 Å². The van der Waals surface area contributed by atoms with Crippen molar-refractivity contribution >= 4 is 28.3 Å². The average molecular weight is 266 g/mol. The Kier molecular flexibility index (Phi) is 2.63. The Morgan fingerprint density at radius 1 is 1.22 bits per heavy atom. The predicted molar refractivity (Wildman–Crippen MR) is 69.4 cm³/mol. The molecular formula is C12H12ClN3O2. The zero-order valence-corrected chi connectivity index (χ0v) is 10.8. The number of anilines is 1. The fraction of sp³-hybridized carbons (Fsp3) is 0.333. The quantitative estimate of drug-likeness (QED) is 0.846. The first-order valence-electron chi connectivity index (χ1n) is 5.67. The van der Waals surface area contributed by atoms with Gasteiger partial charge in [0.25, 0.3) is 0 Å². The summed E-state index contributed by atoms with van der Waals surface area (Å²) < 4.78 is 10.7. The van der Waals surface area contributed by atoms with Gasteiger partial charge in [0.1, 0.15) is 5.82 Å². The molecule has 0 bridgehead atoms. The minimum atomic E-state index is 0.213. The maximum Gasteiger partial charge on any atom is 0.231 e. The second kappa shape index (κ2) is 4.17. The second-order valence-corrected chi connectivity index (χ2v) is 4.70. The largest absolute Gasteiger partial charge is 0.454 e. The van der Waals surface area contributed by atoms with Gasteiger partial charge in [-0.1, -0.05) is 0 Å². The van der Waals surface area contributed by atoms with Crippen LogP contribution in [0.5, 0.6) is 11.5 Å². The lowest BCUT2D eigenvalue weighted by atomic mass is 10.2. The van der Waals surface area contributed by atoms with Crippen molar-refractivity contribution in [1.82, 2.24) is 9.97 Å². The molecule has 0 atom stereocenters. The molecule has 1 aliphatic rings. The van der Waals surface area contributed by atoms with Gasteiger partial charge in [0.15, 0.2) is 11.5 Å². The van der Waals surface area contributed by atoms with E-state index in [1.807, 2.05) is 26.0 Å². The van der Waals surface area contributed by atoms with Crippen LogP contribution in [0.15, 0.2) is 12.1 Å². The number of rotatable bonds is 2. The molecule has 5 nitrogen and oxygen atoms in total. The number of nitrogens with one attached hydrogen (secondary N) is 1. The van der Waals surface area contributed by atoms with Crippen LogP contribution in [0.3, 0.4) is 0 Å². The molecule has 18 heavy (non-hydrogen) atoms. The van der Waals surface area contributed by atoms with Crippen LogP contribution in [-0.4, -0.2) is 22.8 Å². The van der Waals surface area contributed by atoms with Crippen LogP contribution in [0.2, 0.25) is 5.28 Å². The number of aromatic nitrogens is 2. The molecule has 1 N–H and O–H groups in total. The summed E-state index contributed by atoms with van der Waals surface area (Å²) in [5.41, 5.74) is 0.738. The van der Waals surface area contributed by atoms with Crippen molar-refractivity contribution in [1.29, 1.82) is 0 Å². The number of hydrogen-bond acceptors (Lipinski definition) is 5. The molecule has 0 aliphatic carbocycles. The highest BCUT2D eigenvalue weighted by Crippen LogP contribution is 2.37. The van der Waals surface area contributed by atoms with Gasteiger partial charge in [0, 0.05) is 17.5 Å². The first kappa shape index (κ1) is 11.3. The third-order valence-electron chi connectivity index (χ3n) is 2.59. The lowest BCUT2D eigenvalue weighted by Gasteiger charge is -2.12. The fourth-order valence-electron chi connectivity index (χ4n) is 1.87. The van der Waals surface area contributed by atoms with Crippen molar-refractivity contribution in [2.24, 2.45) is 0 Å². The van der Waals surface area contributed by atoms with Crippen molar-refractivity contribution in [3.8, 4) is 11.5 Å². The lowest BCUT2D eigenvalue weighted by molar-refractivity contribution is 0.174. The molecule has 3 rings (SSSR count). The summed E-state index contributed by atoms with van der Waals surface area (Å²) in [6, 6.07) is 3.94. The number of nitrogens with zero attached hydrogens (tertiary/aromatic N) is 2. The second-order valence-electron chi connectivity index (χ2n) is 4.36. The van der Waals surface area contributed by atoms with Gasteiger partial charge in [-0.25, -0.2) is 9.97 Å². The minimum Gasteiger partial charge on any atom is -0.454 e. The Hall–Kier alpha value is -1.75. The Morgan fingerprint density at radius 3 is 2.67 bits per heavy atom. The molecule has 2 heterocycles. The number of ether oxygens (including phenoxy) is 2. The number of fused-ring (bicyclic) bond motifs is 2. The summed E-state index contributed by atoms with van der Waals surface area (Å²) in [4.78, 5) is 8.41. The fourth-order valence-corrected chi connectivity index (χ4v) is 2.05. The molecule has 0 amide bonds. The summed E-state index contributed by atoms with van der Waals surface area (Å²) >= 11 is 5.92. The van der Waals surface area contributed by atoms with Crippen LogP contribution in [0.4, 0.5) is 5.82 Å². The third-order valence-corrected chi connectivity index (χ3v) is 2.76. The molecule has 1 aromatic heterocycles. The molecular weight excluding hydrogens is 254 g/mol. The minimum absolute atomic E-state index is 0.213. The molecule has 2 aromatic rings. The van der Waals surface area contributed by atoms with Gasteiger partial charge < -0.3 is 14.8 Å². The summed E-state index contributed by atoms with van der Waals surface area (Å²) in [7, 11) is 0. The topological polar surface area (TPSA) is 56.3 Å². The number of benzene rings is 1. The van der Waals surface area contributed by atoms with Crippen molar-refractivity contribution in [2.45, 2.75) is 19.9 Å². The normalized spacial score (nSPS) is 13.3. The maximum absolute atomic E-state index is 5.92. The van der Waals surface area contributed by atoms with Gasteiger partial charge in [-0.15, -0.1) is 0 Å². The number of halogens is 1. The van der Waals surface area contributed by atoms with Gasteiger partial charge in [0.05, 0.1) is 5.52 Å². The monoisotopic (exact) mass is 265 g/mol. The van der Waals surface area contributed by atoms with Crippen molar-refractivity contribution in [3.05, 3.63) is 17.4 Å².